The molecule has 1 N–H and O–H groups in total. The number of sulfonamides is 1. The zero-order valence-electron chi connectivity index (χ0n) is 11.5. The summed E-state index contributed by atoms with van der Waals surface area (Å²) in [5.41, 5.74) is 0.688. The molecule has 0 spiro atoms. The van der Waals surface area contributed by atoms with Crippen molar-refractivity contribution in [2.24, 2.45) is 0 Å². The molecule has 4 nitrogen and oxygen atoms in total. The Labute approximate surface area is 139 Å². The fraction of sp³-hybridized carbons (Fsp3) is 0.133. The number of nitrogens with zero attached hydrogens (tertiary/aromatic N) is 1. The van der Waals surface area contributed by atoms with Crippen molar-refractivity contribution in [2.45, 2.75) is 17.9 Å². The van der Waals surface area contributed by atoms with E-state index in [4.69, 9.17) is 28.5 Å². The number of halogens is 2. The van der Waals surface area contributed by atoms with Crippen molar-refractivity contribution in [3.63, 3.8) is 0 Å². The van der Waals surface area contributed by atoms with E-state index >= 15 is 0 Å². The summed E-state index contributed by atoms with van der Waals surface area (Å²) < 4.78 is 27.4. The quantitative estimate of drug-likeness (QED) is 0.904. The number of nitriles is 1. The third-order valence-electron chi connectivity index (χ3n) is 3.06. The van der Waals surface area contributed by atoms with Crippen molar-refractivity contribution in [3.05, 3.63) is 63.6 Å². The van der Waals surface area contributed by atoms with E-state index in [0.29, 0.717) is 15.6 Å². The first kappa shape index (κ1) is 16.8. The topological polar surface area (TPSA) is 70.0 Å². The number of rotatable bonds is 4. The highest BCUT2D eigenvalue weighted by molar-refractivity contribution is 7.89. The van der Waals surface area contributed by atoms with Crippen LogP contribution in [0.5, 0.6) is 0 Å². The standard InChI is InChI=1S/C15H12Cl2N2O2S/c1-10(13-7-6-12(16)8-14(13)17)19-22(20,21)15-5-3-2-4-11(15)9-18/h2-8,10,19H,1H3/t10-/m0/s1. The van der Waals surface area contributed by atoms with Gasteiger partial charge in [0.05, 0.1) is 10.5 Å². The van der Waals surface area contributed by atoms with Crippen LogP contribution in [0.1, 0.15) is 24.1 Å². The predicted molar refractivity (Wildman–Crippen MR) is 86.4 cm³/mol. The first-order chi connectivity index (χ1) is 10.3. The van der Waals surface area contributed by atoms with Gasteiger partial charge in [-0.1, -0.05) is 41.4 Å². The van der Waals surface area contributed by atoms with Crippen molar-refractivity contribution < 1.29 is 8.42 Å². The zero-order chi connectivity index (χ0) is 16.3. The molecular formula is C15H12Cl2N2O2S. The van der Waals surface area contributed by atoms with Gasteiger partial charge in [0.25, 0.3) is 0 Å². The Balaban J connectivity index is 2.34. The molecule has 7 heteroatoms. The molecule has 2 aromatic carbocycles. The lowest BCUT2D eigenvalue weighted by Crippen LogP contribution is -2.27. The minimum absolute atomic E-state index is 0.0607. The van der Waals surface area contributed by atoms with Crippen LogP contribution in [0, 0.1) is 11.3 Å². The lowest BCUT2D eigenvalue weighted by Gasteiger charge is -2.16. The molecular weight excluding hydrogens is 343 g/mol. The van der Waals surface area contributed by atoms with E-state index in [1.54, 1.807) is 37.3 Å². The fourth-order valence-electron chi connectivity index (χ4n) is 2.01. The molecule has 0 saturated carbocycles. The summed E-state index contributed by atoms with van der Waals surface area (Å²) in [7, 11) is -3.84. The summed E-state index contributed by atoms with van der Waals surface area (Å²) in [5, 5.41) is 9.87. The van der Waals surface area contributed by atoms with Gasteiger partial charge in [-0.05, 0) is 36.8 Å². The second-order valence-electron chi connectivity index (χ2n) is 4.62. The fourth-order valence-corrected chi connectivity index (χ4v) is 3.96. The summed E-state index contributed by atoms with van der Waals surface area (Å²) in [6.45, 7) is 1.67. The largest absolute Gasteiger partial charge is 0.242 e. The number of benzene rings is 2. The van der Waals surface area contributed by atoms with Gasteiger partial charge in [-0.2, -0.15) is 5.26 Å². The molecule has 0 bridgehead atoms. The zero-order valence-corrected chi connectivity index (χ0v) is 13.9. The smallest absolute Gasteiger partial charge is 0.207 e. The number of hydrogen-bond acceptors (Lipinski definition) is 3. The van der Waals surface area contributed by atoms with Crippen molar-refractivity contribution in [3.8, 4) is 6.07 Å². The lowest BCUT2D eigenvalue weighted by atomic mass is 10.1. The van der Waals surface area contributed by atoms with Gasteiger partial charge in [-0.3, -0.25) is 0 Å². The minimum Gasteiger partial charge on any atom is -0.207 e. The molecule has 0 heterocycles. The summed E-state index contributed by atoms with van der Waals surface area (Å²) in [6.07, 6.45) is 0. The monoisotopic (exact) mass is 354 g/mol. The first-order valence-electron chi connectivity index (χ1n) is 6.31. The SMILES string of the molecule is C[C@H](NS(=O)(=O)c1ccccc1C#N)c1ccc(Cl)cc1Cl. The maximum Gasteiger partial charge on any atom is 0.242 e. The van der Waals surface area contributed by atoms with E-state index in [1.165, 1.54) is 12.1 Å². The molecule has 0 fully saturated rings. The van der Waals surface area contributed by atoms with Crippen LogP contribution in [0.15, 0.2) is 47.4 Å². The van der Waals surface area contributed by atoms with E-state index in [1.807, 2.05) is 6.07 Å². The van der Waals surface area contributed by atoms with Crippen LogP contribution in [0.3, 0.4) is 0 Å². The Morgan fingerprint density at radius 3 is 2.50 bits per heavy atom. The van der Waals surface area contributed by atoms with Crippen molar-refractivity contribution in [2.75, 3.05) is 0 Å². The van der Waals surface area contributed by atoms with Crippen molar-refractivity contribution in [1.29, 1.82) is 5.26 Å². The van der Waals surface area contributed by atoms with Gasteiger partial charge in [0.15, 0.2) is 0 Å². The third-order valence-corrected chi connectivity index (χ3v) is 5.22. The van der Waals surface area contributed by atoms with Gasteiger partial charge in [-0.15, -0.1) is 0 Å². The first-order valence-corrected chi connectivity index (χ1v) is 8.55. The third kappa shape index (κ3) is 3.60. The molecule has 0 aromatic heterocycles. The molecule has 0 saturated heterocycles. The average molecular weight is 355 g/mol. The molecule has 2 aromatic rings. The molecule has 0 radical (unpaired) electrons. The van der Waals surface area contributed by atoms with E-state index in [-0.39, 0.29) is 10.5 Å². The molecule has 1 atom stereocenters. The van der Waals surface area contributed by atoms with Crippen LogP contribution in [0.4, 0.5) is 0 Å². The minimum atomic E-state index is -3.84. The highest BCUT2D eigenvalue weighted by Gasteiger charge is 2.22. The molecule has 0 aliphatic rings. The molecule has 0 aliphatic carbocycles. The summed E-state index contributed by atoms with van der Waals surface area (Å²) >= 11 is 11.9. The Kier molecular flexibility index (Phi) is 5.09. The maximum absolute atomic E-state index is 12.4. The van der Waals surface area contributed by atoms with Crippen molar-refractivity contribution in [1.82, 2.24) is 4.72 Å². The van der Waals surface area contributed by atoms with Gasteiger partial charge < -0.3 is 0 Å². The van der Waals surface area contributed by atoms with E-state index in [9.17, 15) is 8.42 Å². The molecule has 2 rings (SSSR count). The second-order valence-corrected chi connectivity index (χ2v) is 7.14. The highest BCUT2D eigenvalue weighted by Crippen LogP contribution is 2.27. The number of nitrogens with one attached hydrogen (secondary N) is 1. The normalized spacial score (nSPS) is 12.6. The number of hydrogen-bond donors (Lipinski definition) is 1. The van der Waals surface area contributed by atoms with Gasteiger partial charge in [0, 0.05) is 16.1 Å². The molecule has 0 amide bonds. The second kappa shape index (κ2) is 6.67. The van der Waals surface area contributed by atoms with Crippen LogP contribution in [-0.2, 0) is 10.0 Å². The van der Waals surface area contributed by atoms with E-state index in [0.717, 1.165) is 0 Å². The maximum atomic E-state index is 12.4. The Hall–Kier alpha value is -1.58. The molecule has 22 heavy (non-hydrogen) atoms. The molecule has 0 unspecified atom stereocenters. The van der Waals surface area contributed by atoms with Crippen LogP contribution in [0.2, 0.25) is 10.0 Å². The Bertz CT molecular complexity index is 845. The van der Waals surface area contributed by atoms with Gasteiger partial charge in [-0.25, -0.2) is 13.1 Å². The van der Waals surface area contributed by atoms with Gasteiger partial charge in [0.1, 0.15) is 6.07 Å². The summed E-state index contributed by atoms with van der Waals surface area (Å²) in [5.74, 6) is 0. The van der Waals surface area contributed by atoms with Gasteiger partial charge >= 0.3 is 0 Å². The predicted octanol–water partition coefficient (Wildman–Crippen LogP) is 3.90. The van der Waals surface area contributed by atoms with Crippen LogP contribution in [0.25, 0.3) is 0 Å². The summed E-state index contributed by atoms with van der Waals surface area (Å²) in [4.78, 5) is -0.0607. The van der Waals surface area contributed by atoms with E-state index in [2.05, 4.69) is 4.72 Å². The lowest BCUT2D eigenvalue weighted by molar-refractivity contribution is 0.566. The van der Waals surface area contributed by atoms with Crippen LogP contribution in [-0.4, -0.2) is 8.42 Å². The van der Waals surface area contributed by atoms with Gasteiger partial charge in [0.2, 0.25) is 10.0 Å². The highest BCUT2D eigenvalue weighted by atomic mass is 35.5. The van der Waals surface area contributed by atoms with Crippen LogP contribution >= 0.6 is 23.2 Å². The van der Waals surface area contributed by atoms with E-state index < -0.39 is 16.1 Å². The van der Waals surface area contributed by atoms with Crippen molar-refractivity contribution >= 4 is 33.2 Å². The molecule has 0 aliphatic heterocycles. The molecule has 114 valence electrons. The Morgan fingerprint density at radius 1 is 1.18 bits per heavy atom. The van der Waals surface area contributed by atoms with Crippen LogP contribution < -0.4 is 4.72 Å². The average Bonchev–Trinajstić information content (AvgIpc) is 2.46. The summed E-state index contributed by atoms with van der Waals surface area (Å²) in [6, 6.07) is 12.2. The Morgan fingerprint density at radius 2 is 1.86 bits per heavy atom.